The van der Waals surface area contributed by atoms with Crippen LogP contribution >= 0.6 is 11.3 Å². The first-order valence-corrected chi connectivity index (χ1v) is 6.40. The highest BCUT2D eigenvalue weighted by Gasteiger charge is 2.14. The van der Waals surface area contributed by atoms with Crippen LogP contribution in [0, 0.1) is 5.92 Å². The third kappa shape index (κ3) is 3.81. The molecular formula is C11H19N3OS. The molecule has 4 nitrogen and oxygen atoms in total. The predicted molar refractivity (Wildman–Crippen MR) is 67.3 cm³/mol. The SMILES string of the molecule is CCC(C)C(C)NC(=O)Cc1csc(N)n1. The molecule has 0 aliphatic rings. The molecule has 0 aliphatic heterocycles. The number of aromatic nitrogens is 1. The van der Waals surface area contributed by atoms with Crippen LogP contribution in [0.3, 0.4) is 0 Å². The summed E-state index contributed by atoms with van der Waals surface area (Å²) in [5.41, 5.74) is 6.25. The summed E-state index contributed by atoms with van der Waals surface area (Å²) in [5, 5.41) is 5.31. The number of nitrogens with zero attached hydrogens (tertiary/aromatic N) is 1. The van der Waals surface area contributed by atoms with E-state index in [0.717, 1.165) is 12.1 Å². The molecular weight excluding hydrogens is 222 g/mol. The zero-order chi connectivity index (χ0) is 12.1. The maximum absolute atomic E-state index is 11.7. The van der Waals surface area contributed by atoms with E-state index in [1.807, 2.05) is 12.3 Å². The first kappa shape index (κ1) is 13.0. The van der Waals surface area contributed by atoms with Gasteiger partial charge in [-0.05, 0) is 12.8 Å². The second-order valence-corrected chi connectivity index (χ2v) is 4.99. The molecule has 0 aromatic carbocycles. The van der Waals surface area contributed by atoms with Gasteiger partial charge in [-0.2, -0.15) is 0 Å². The second-order valence-electron chi connectivity index (χ2n) is 4.10. The van der Waals surface area contributed by atoms with Crippen molar-refractivity contribution in [3.8, 4) is 0 Å². The second kappa shape index (κ2) is 5.84. The fourth-order valence-corrected chi connectivity index (χ4v) is 1.93. The van der Waals surface area contributed by atoms with Crippen molar-refractivity contribution in [2.24, 2.45) is 5.92 Å². The van der Waals surface area contributed by atoms with Crippen LogP contribution in [0.25, 0.3) is 0 Å². The minimum absolute atomic E-state index is 0.0121. The number of anilines is 1. The summed E-state index contributed by atoms with van der Waals surface area (Å²) < 4.78 is 0. The predicted octanol–water partition coefficient (Wildman–Crippen LogP) is 1.82. The largest absolute Gasteiger partial charge is 0.375 e. The van der Waals surface area contributed by atoms with Gasteiger partial charge in [0, 0.05) is 11.4 Å². The molecule has 0 saturated heterocycles. The standard InChI is InChI=1S/C11H19N3OS/c1-4-7(2)8(3)13-10(15)5-9-6-16-11(12)14-9/h6-8H,4-5H2,1-3H3,(H2,12,14)(H,13,15). The highest BCUT2D eigenvalue weighted by Crippen LogP contribution is 2.12. The molecule has 16 heavy (non-hydrogen) atoms. The van der Waals surface area contributed by atoms with Crippen LogP contribution in [0.15, 0.2) is 5.38 Å². The van der Waals surface area contributed by atoms with Crippen molar-refractivity contribution >= 4 is 22.4 Å². The molecule has 2 atom stereocenters. The number of nitrogen functional groups attached to an aromatic ring is 1. The summed E-state index contributed by atoms with van der Waals surface area (Å²) in [5.74, 6) is 0.502. The van der Waals surface area contributed by atoms with E-state index in [-0.39, 0.29) is 11.9 Å². The molecule has 0 bridgehead atoms. The number of nitrogens with two attached hydrogens (primary N) is 1. The van der Waals surface area contributed by atoms with Crippen molar-refractivity contribution in [1.29, 1.82) is 0 Å². The van der Waals surface area contributed by atoms with Crippen molar-refractivity contribution in [1.82, 2.24) is 10.3 Å². The number of rotatable bonds is 5. The summed E-state index contributed by atoms with van der Waals surface area (Å²) in [6.45, 7) is 6.28. The third-order valence-corrected chi connectivity index (χ3v) is 3.52. The quantitative estimate of drug-likeness (QED) is 0.826. The fourth-order valence-electron chi connectivity index (χ4n) is 1.37. The Labute approximate surface area is 100 Å². The van der Waals surface area contributed by atoms with Gasteiger partial charge < -0.3 is 11.1 Å². The van der Waals surface area contributed by atoms with Gasteiger partial charge in [-0.25, -0.2) is 4.98 Å². The molecule has 1 amide bonds. The number of thiazole rings is 1. The van der Waals surface area contributed by atoms with Crippen LogP contribution in [0.5, 0.6) is 0 Å². The lowest BCUT2D eigenvalue weighted by Gasteiger charge is -2.19. The molecule has 1 heterocycles. The molecule has 0 saturated carbocycles. The van der Waals surface area contributed by atoms with E-state index in [9.17, 15) is 4.79 Å². The lowest BCUT2D eigenvalue weighted by atomic mass is 10.0. The molecule has 0 spiro atoms. The highest BCUT2D eigenvalue weighted by atomic mass is 32.1. The van der Waals surface area contributed by atoms with Gasteiger partial charge in [0.2, 0.25) is 5.91 Å². The van der Waals surface area contributed by atoms with Gasteiger partial charge in [-0.3, -0.25) is 4.79 Å². The monoisotopic (exact) mass is 241 g/mol. The van der Waals surface area contributed by atoms with Crippen LogP contribution < -0.4 is 11.1 Å². The summed E-state index contributed by atoms with van der Waals surface area (Å²) in [4.78, 5) is 15.7. The van der Waals surface area contributed by atoms with Gasteiger partial charge in [0.05, 0.1) is 12.1 Å². The molecule has 2 unspecified atom stereocenters. The normalized spacial score (nSPS) is 14.4. The first-order chi connectivity index (χ1) is 7.52. The number of carbonyl (C=O) groups is 1. The van der Waals surface area contributed by atoms with Crippen molar-refractivity contribution < 1.29 is 4.79 Å². The topological polar surface area (TPSA) is 68.0 Å². The van der Waals surface area contributed by atoms with Gasteiger partial charge in [0.15, 0.2) is 5.13 Å². The van der Waals surface area contributed by atoms with E-state index in [4.69, 9.17) is 5.73 Å². The smallest absolute Gasteiger partial charge is 0.226 e. The van der Waals surface area contributed by atoms with Crippen molar-refractivity contribution in [2.75, 3.05) is 5.73 Å². The van der Waals surface area contributed by atoms with E-state index >= 15 is 0 Å². The van der Waals surface area contributed by atoms with Gasteiger partial charge in [-0.15, -0.1) is 11.3 Å². The van der Waals surface area contributed by atoms with Crippen LogP contribution in [0.2, 0.25) is 0 Å². The van der Waals surface area contributed by atoms with E-state index < -0.39 is 0 Å². The molecule has 1 rings (SSSR count). The average molecular weight is 241 g/mol. The van der Waals surface area contributed by atoms with Gasteiger partial charge in [0.25, 0.3) is 0 Å². The summed E-state index contributed by atoms with van der Waals surface area (Å²) in [6.07, 6.45) is 1.37. The molecule has 1 aromatic heterocycles. The van der Waals surface area contributed by atoms with E-state index in [0.29, 0.717) is 17.5 Å². The Hall–Kier alpha value is -1.10. The first-order valence-electron chi connectivity index (χ1n) is 5.52. The number of nitrogens with one attached hydrogen (secondary N) is 1. The Kier molecular flexibility index (Phi) is 4.73. The van der Waals surface area contributed by atoms with Crippen LogP contribution in [-0.4, -0.2) is 16.9 Å². The van der Waals surface area contributed by atoms with Gasteiger partial charge >= 0.3 is 0 Å². The zero-order valence-electron chi connectivity index (χ0n) is 9.99. The Morgan fingerprint density at radius 3 is 2.81 bits per heavy atom. The summed E-state index contributed by atoms with van der Waals surface area (Å²) in [7, 11) is 0. The molecule has 0 fully saturated rings. The molecule has 0 radical (unpaired) electrons. The average Bonchev–Trinajstić information content (AvgIpc) is 2.62. The maximum Gasteiger partial charge on any atom is 0.226 e. The summed E-state index contributed by atoms with van der Waals surface area (Å²) >= 11 is 1.36. The van der Waals surface area contributed by atoms with Crippen LogP contribution in [0.1, 0.15) is 32.9 Å². The minimum Gasteiger partial charge on any atom is -0.375 e. The van der Waals surface area contributed by atoms with E-state index in [1.54, 1.807) is 0 Å². The van der Waals surface area contributed by atoms with Crippen LogP contribution in [0.4, 0.5) is 5.13 Å². The number of amides is 1. The van der Waals surface area contributed by atoms with E-state index in [2.05, 4.69) is 24.1 Å². The van der Waals surface area contributed by atoms with Crippen molar-refractivity contribution in [3.05, 3.63) is 11.1 Å². The molecule has 90 valence electrons. The lowest BCUT2D eigenvalue weighted by molar-refractivity contribution is -0.121. The molecule has 3 N–H and O–H groups in total. The Balaban J connectivity index is 2.42. The zero-order valence-corrected chi connectivity index (χ0v) is 10.8. The molecule has 0 aliphatic carbocycles. The number of carbonyl (C=O) groups excluding carboxylic acids is 1. The maximum atomic E-state index is 11.7. The summed E-state index contributed by atoms with van der Waals surface area (Å²) in [6, 6.07) is 0.202. The molecule has 1 aromatic rings. The number of hydrogen-bond acceptors (Lipinski definition) is 4. The third-order valence-electron chi connectivity index (χ3n) is 2.80. The Morgan fingerprint density at radius 1 is 1.62 bits per heavy atom. The fraction of sp³-hybridized carbons (Fsp3) is 0.636. The van der Waals surface area contributed by atoms with E-state index in [1.165, 1.54) is 11.3 Å². The minimum atomic E-state index is 0.0121. The van der Waals surface area contributed by atoms with Crippen molar-refractivity contribution in [3.63, 3.8) is 0 Å². The van der Waals surface area contributed by atoms with Crippen molar-refractivity contribution in [2.45, 2.75) is 39.7 Å². The highest BCUT2D eigenvalue weighted by molar-refractivity contribution is 7.13. The van der Waals surface area contributed by atoms with Crippen LogP contribution in [-0.2, 0) is 11.2 Å². The Bertz CT molecular complexity index is 351. The van der Waals surface area contributed by atoms with Gasteiger partial charge in [-0.1, -0.05) is 20.3 Å². The Morgan fingerprint density at radius 2 is 2.31 bits per heavy atom. The van der Waals surface area contributed by atoms with Gasteiger partial charge in [0.1, 0.15) is 0 Å². The number of hydrogen-bond donors (Lipinski definition) is 2. The molecule has 5 heteroatoms. The lowest BCUT2D eigenvalue weighted by Crippen LogP contribution is -2.37.